The maximum absolute atomic E-state index is 12.6. The SMILES string of the molecule is C[C@H]1CCCC[C@@H]1NS(=O)(=O)c1ccc2ccccc2c1. The van der Waals surface area contributed by atoms with E-state index < -0.39 is 10.0 Å². The van der Waals surface area contributed by atoms with Gasteiger partial charge in [-0.3, -0.25) is 0 Å². The smallest absolute Gasteiger partial charge is 0.208 e. The fourth-order valence-electron chi connectivity index (χ4n) is 3.09. The van der Waals surface area contributed by atoms with Crippen molar-refractivity contribution in [2.75, 3.05) is 0 Å². The second-order valence-corrected chi connectivity index (χ2v) is 7.71. The Bertz CT molecular complexity index is 739. The van der Waals surface area contributed by atoms with E-state index >= 15 is 0 Å². The van der Waals surface area contributed by atoms with Crippen LogP contribution in [0.5, 0.6) is 0 Å². The minimum atomic E-state index is -3.43. The van der Waals surface area contributed by atoms with Crippen LogP contribution in [0.1, 0.15) is 32.6 Å². The third-order valence-corrected chi connectivity index (χ3v) is 5.94. The standard InChI is InChI=1S/C17H21NO2S/c1-13-6-2-5-9-17(13)18-21(19,20)16-11-10-14-7-3-4-8-15(14)12-16/h3-4,7-8,10-13,17-18H,2,5-6,9H2,1H3/t13-,17-/m0/s1. The van der Waals surface area contributed by atoms with Crippen LogP contribution < -0.4 is 4.72 Å². The van der Waals surface area contributed by atoms with Crippen molar-refractivity contribution in [3.05, 3.63) is 42.5 Å². The predicted molar refractivity (Wildman–Crippen MR) is 85.7 cm³/mol. The molecular formula is C17H21NO2S. The first kappa shape index (κ1) is 14.5. The monoisotopic (exact) mass is 303 g/mol. The maximum Gasteiger partial charge on any atom is 0.240 e. The Morgan fingerprint density at radius 2 is 1.71 bits per heavy atom. The van der Waals surface area contributed by atoms with E-state index in [1.807, 2.05) is 30.3 Å². The van der Waals surface area contributed by atoms with Crippen LogP contribution in [0.15, 0.2) is 47.4 Å². The normalized spacial score (nSPS) is 23.3. The molecule has 0 aliphatic heterocycles. The van der Waals surface area contributed by atoms with Crippen LogP contribution in [0.4, 0.5) is 0 Å². The van der Waals surface area contributed by atoms with Crippen molar-refractivity contribution < 1.29 is 8.42 Å². The largest absolute Gasteiger partial charge is 0.240 e. The van der Waals surface area contributed by atoms with Gasteiger partial charge < -0.3 is 0 Å². The van der Waals surface area contributed by atoms with Crippen molar-refractivity contribution in [2.24, 2.45) is 5.92 Å². The van der Waals surface area contributed by atoms with Crippen LogP contribution in [0.25, 0.3) is 10.8 Å². The van der Waals surface area contributed by atoms with Crippen LogP contribution in [0.3, 0.4) is 0 Å². The van der Waals surface area contributed by atoms with E-state index in [4.69, 9.17) is 0 Å². The molecule has 0 spiro atoms. The lowest BCUT2D eigenvalue weighted by molar-refractivity contribution is 0.310. The van der Waals surface area contributed by atoms with Crippen LogP contribution in [-0.2, 0) is 10.0 Å². The summed E-state index contributed by atoms with van der Waals surface area (Å²) in [4.78, 5) is 0.360. The lowest BCUT2D eigenvalue weighted by atomic mass is 9.87. The molecular weight excluding hydrogens is 282 g/mol. The molecule has 3 nitrogen and oxygen atoms in total. The van der Waals surface area contributed by atoms with E-state index in [1.165, 1.54) is 6.42 Å². The van der Waals surface area contributed by atoms with E-state index in [0.717, 1.165) is 30.0 Å². The zero-order valence-electron chi connectivity index (χ0n) is 12.2. The molecule has 0 saturated heterocycles. The van der Waals surface area contributed by atoms with E-state index in [-0.39, 0.29) is 6.04 Å². The minimum Gasteiger partial charge on any atom is -0.208 e. The molecule has 2 atom stereocenters. The molecule has 0 bridgehead atoms. The summed E-state index contributed by atoms with van der Waals surface area (Å²) in [6.07, 6.45) is 4.35. The summed E-state index contributed by atoms with van der Waals surface area (Å²) in [5.41, 5.74) is 0. The second kappa shape index (κ2) is 5.78. The Morgan fingerprint density at radius 3 is 2.48 bits per heavy atom. The third kappa shape index (κ3) is 3.11. The molecule has 0 aromatic heterocycles. The molecule has 1 N–H and O–H groups in total. The lowest BCUT2D eigenvalue weighted by Crippen LogP contribution is -2.40. The highest BCUT2D eigenvalue weighted by molar-refractivity contribution is 7.89. The summed E-state index contributed by atoms with van der Waals surface area (Å²) in [7, 11) is -3.43. The van der Waals surface area contributed by atoms with Gasteiger partial charge in [0.05, 0.1) is 4.90 Å². The number of hydrogen-bond acceptors (Lipinski definition) is 2. The molecule has 2 aromatic rings. The Hall–Kier alpha value is -1.39. The average Bonchev–Trinajstić information content (AvgIpc) is 2.49. The Labute approximate surface area is 126 Å². The first-order valence-corrected chi connectivity index (χ1v) is 9.06. The molecule has 21 heavy (non-hydrogen) atoms. The van der Waals surface area contributed by atoms with Crippen molar-refractivity contribution in [1.82, 2.24) is 4.72 Å². The highest BCUT2D eigenvalue weighted by Crippen LogP contribution is 2.26. The van der Waals surface area contributed by atoms with Gasteiger partial charge in [0, 0.05) is 6.04 Å². The highest BCUT2D eigenvalue weighted by Gasteiger charge is 2.26. The van der Waals surface area contributed by atoms with Crippen LogP contribution >= 0.6 is 0 Å². The van der Waals surface area contributed by atoms with Gasteiger partial charge in [0.15, 0.2) is 0 Å². The van der Waals surface area contributed by atoms with Gasteiger partial charge in [-0.1, -0.05) is 50.1 Å². The first-order chi connectivity index (χ1) is 10.1. The first-order valence-electron chi connectivity index (χ1n) is 7.57. The van der Waals surface area contributed by atoms with Gasteiger partial charge in [-0.25, -0.2) is 13.1 Å². The number of sulfonamides is 1. The van der Waals surface area contributed by atoms with Crippen LogP contribution in [0.2, 0.25) is 0 Å². The van der Waals surface area contributed by atoms with Gasteiger partial charge in [-0.2, -0.15) is 0 Å². The number of rotatable bonds is 3. The Balaban J connectivity index is 1.88. The fourth-order valence-corrected chi connectivity index (χ4v) is 4.51. The molecule has 4 heteroatoms. The Morgan fingerprint density at radius 1 is 1.00 bits per heavy atom. The molecule has 1 saturated carbocycles. The average molecular weight is 303 g/mol. The number of hydrogen-bond donors (Lipinski definition) is 1. The van der Waals surface area contributed by atoms with Gasteiger partial charge in [-0.15, -0.1) is 0 Å². The van der Waals surface area contributed by atoms with Gasteiger partial charge in [0.2, 0.25) is 10.0 Å². The molecule has 0 heterocycles. The van der Waals surface area contributed by atoms with Crippen molar-refractivity contribution in [3.63, 3.8) is 0 Å². The second-order valence-electron chi connectivity index (χ2n) is 6.00. The number of nitrogens with one attached hydrogen (secondary N) is 1. The zero-order valence-corrected chi connectivity index (χ0v) is 13.1. The van der Waals surface area contributed by atoms with Crippen molar-refractivity contribution in [2.45, 2.75) is 43.5 Å². The highest BCUT2D eigenvalue weighted by atomic mass is 32.2. The zero-order chi connectivity index (χ0) is 14.9. The summed E-state index contributed by atoms with van der Waals surface area (Å²) in [6.45, 7) is 2.13. The van der Waals surface area contributed by atoms with Gasteiger partial charge in [0.1, 0.15) is 0 Å². The van der Waals surface area contributed by atoms with Crippen molar-refractivity contribution in [3.8, 4) is 0 Å². The minimum absolute atomic E-state index is 0.0650. The molecule has 2 aromatic carbocycles. The fraction of sp³-hybridized carbons (Fsp3) is 0.412. The lowest BCUT2D eigenvalue weighted by Gasteiger charge is -2.29. The summed E-state index contributed by atoms with van der Waals surface area (Å²) >= 11 is 0. The third-order valence-electron chi connectivity index (χ3n) is 4.45. The summed E-state index contributed by atoms with van der Waals surface area (Å²) in [5.74, 6) is 0.411. The summed E-state index contributed by atoms with van der Waals surface area (Å²) < 4.78 is 28.1. The molecule has 1 aliphatic carbocycles. The predicted octanol–water partition coefficient (Wildman–Crippen LogP) is 3.70. The topological polar surface area (TPSA) is 46.2 Å². The molecule has 112 valence electrons. The van der Waals surface area contributed by atoms with E-state index in [2.05, 4.69) is 11.6 Å². The van der Waals surface area contributed by atoms with Gasteiger partial charge in [-0.05, 0) is 41.7 Å². The van der Waals surface area contributed by atoms with Gasteiger partial charge in [0.25, 0.3) is 0 Å². The summed E-state index contributed by atoms with van der Waals surface area (Å²) in [5, 5.41) is 2.01. The van der Waals surface area contributed by atoms with E-state index in [9.17, 15) is 8.42 Å². The van der Waals surface area contributed by atoms with Crippen LogP contribution in [0, 0.1) is 5.92 Å². The quantitative estimate of drug-likeness (QED) is 0.940. The Kier molecular flexibility index (Phi) is 4.00. The van der Waals surface area contributed by atoms with Crippen LogP contribution in [-0.4, -0.2) is 14.5 Å². The van der Waals surface area contributed by atoms with Gasteiger partial charge >= 0.3 is 0 Å². The molecule has 0 amide bonds. The van der Waals surface area contributed by atoms with E-state index in [0.29, 0.717) is 10.8 Å². The van der Waals surface area contributed by atoms with E-state index in [1.54, 1.807) is 12.1 Å². The molecule has 3 rings (SSSR count). The molecule has 0 radical (unpaired) electrons. The number of fused-ring (bicyclic) bond motifs is 1. The summed E-state index contributed by atoms with van der Waals surface area (Å²) in [6, 6.07) is 13.2. The molecule has 1 aliphatic rings. The van der Waals surface area contributed by atoms with Crippen molar-refractivity contribution in [1.29, 1.82) is 0 Å². The number of benzene rings is 2. The van der Waals surface area contributed by atoms with Crippen molar-refractivity contribution >= 4 is 20.8 Å². The molecule has 1 fully saturated rings. The molecule has 0 unspecified atom stereocenters. The maximum atomic E-state index is 12.6.